The number of rotatable bonds is 4. The predicted molar refractivity (Wildman–Crippen MR) is 48.9 cm³/mol. The van der Waals surface area contributed by atoms with E-state index in [9.17, 15) is 4.79 Å². The van der Waals surface area contributed by atoms with Crippen molar-refractivity contribution in [2.75, 3.05) is 0 Å². The fourth-order valence-corrected chi connectivity index (χ4v) is 1.37. The van der Waals surface area contributed by atoms with E-state index in [1.807, 2.05) is 11.5 Å². The molecule has 72 valence electrons. The minimum absolute atomic E-state index is 0.0887. The molecule has 0 radical (unpaired) electrons. The molecule has 0 amide bonds. The van der Waals surface area contributed by atoms with Gasteiger partial charge in [-0.15, -0.1) is 0 Å². The van der Waals surface area contributed by atoms with Crippen molar-refractivity contribution in [3.63, 3.8) is 0 Å². The first-order chi connectivity index (χ1) is 6.15. The molecular formula is C8H11ClN2O2. The van der Waals surface area contributed by atoms with Crippen molar-refractivity contribution >= 4 is 17.6 Å². The maximum absolute atomic E-state index is 10.3. The first-order valence-corrected chi connectivity index (χ1v) is 4.44. The lowest BCUT2D eigenvalue weighted by atomic mass is 10.2. The van der Waals surface area contributed by atoms with Gasteiger partial charge in [0.15, 0.2) is 0 Å². The van der Waals surface area contributed by atoms with Gasteiger partial charge in [0.05, 0.1) is 18.4 Å². The smallest absolute Gasteiger partial charge is 0.303 e. The highest BCUT2D eigenvalue weighted by atomic mass is 35.5. The van der Waals surface area contributed by atoms with E-state index in [4.69, 9.17) is 16.7 Å². The van der Waals surface area contributed by atoms with Gasteiger partial charge in [-0.25, -0.2) is 4.98 Å². The minimum Gasteiger partial charge on any atom is -0.481 e. The number of hydrogen-bond donors (Lipinski definition) is 1. The number of imidazole rings is 1. The average Bonchev–Trinajstić information content (AvgIpc) is 2.43. The largest absolute Gasteiger partial charge is 0.481 e. The lowest BCUT2D eigenvalue weighted by Gasteiger charge is -2.03. The summed E-state index contributed by atoms with van der Waals surface area (Å²) >= 11 is 5.78. The van der Waals surface area contributed by atoms with Crippen LogP contribution in [0.1, 0.15) is 19.0 Å². The fraction of sp³-hybridized carbons (Fsp3) is 0.500. The number of halogens is 1. The molecule has 1 aromatic rings. The number of carbonyl (C=O) groups is 1. The normalized spacial score (nSPS) is 10.3. The molecule has 0 aromatic carbocycles. The Bertz CT molecular complexity index is 309. The molecule has 0 fully saturated rings. The first kappa shape index (κ1) is 10.1. The molecule has 0 bridgehead atoms. The van der Waals surface area contributed by atoms with Gasteiger partial charge in [0.2, 0.25) is 0 Å². The number of carboxylic acids is 1. The zero-order chi connectivity index (χ0) is 9.84. The van der Waals surface area contributed by atoms with Gasteiger partial charge in [0.25, 0.3) is 0 Å². The van der Waals surface area contributed by atoms with Crippen LogP contribution in [-0.2, 0) is 17.8 Å². The molecule has 13 heavy (non-hydrogen) atoms. The molecule has 0 saturated heterocycles. The molecule has 4 nitrogen and oxygen atoms in total. The van der Waals surface area contributed by atoms with Crippen LogP contribution in [0.15, 0.2) is 6.33 Å². The van der Waals surface area contributed by atoms with Gasteiger partial charge >= 0.3 is 5.97 Å². The van der Waals surface area contributed by atoms with Crippen LogP contribution in [0.3, 0.4) is 0 Å². The Morgan fingerprint density at radius 1 is 1.77 bits per heavy atom. The molecule has 0 saturated carbocycles. The molecule has 0 spiro atoms. The van der Waals surface area contributed by atoms with E-state index in [0.717, 1.165) is 12.2 Å². The molecule has 0 atom stereocenters. The van der Waals surface area contributed by atoms with E-state index in [1.165, 1.54) is 0 Å². The number of aromatic nitrogens is 2. The standard InChI is InChI=1S/C8H11ClN2O2/c1-2-11-5-10-8(9)6(11)3-4-7(12)13/h5H,2-4H2,1H3,(H,12,13). The third-order valence-electron chi connectivity index (χ3n) is 1.81. The summed E-state index contributed by atoms with van der Waals surface area (Å²) in [6, 6.07) is 0. The number of aryl methyl sites for hydroxylation is 1. The Kier molecular flexibility index (Phi) is 3.31. The van der Waals surface area contributed by atoms with Crippen LogP contribution in [0.2, 0.25) is 5.15 Å². The Hall–Kier alpha value is -1.03. The average molecular weight is 203 g/mol. The maximum Gasteiger partial charge on any atom is 0.303 e. The summed E-state index contributed by atoms with van der Waals surface area (Å²) in [5.74, 6) is -0.820. The van der Waals surface area contributed by atoms with E-state index in [2.05, 4.69) is 4.98 Å². The van der Waals surface area contributed by atoms with Crippen molar-refractivity contribution in [3.05, 3.63) is 17.2 Å². The van der Waals surface area contributed by atoms with Crippen molar-refractivity contribution in [2.24, 2.45) is 0 Å². The molecule has 0 aliphatic heterocycles. The van der Waals surface area contributed by atoms with Gasteiger partial charge in [-0.1, -0.05) is 11.6 Å². The second-order valence-electron chi connectivity index (χ2n) is 2.66. The molecule has 1 heterocycles. The van der Waals surface area contributed by atoms with E-state index in [0.29, 0.717) is 11.6 Å². The van der Waals surface area contributed by atoms with E-state index in [1.54, 1.807) is 6.33 Å². The van der Waals surface area contributed by atoms with Crippen molar-refractivity contribution in [2.45, 2.75) is 26.3 Å². The molecule has 1 N–H and O–H groups in total. The SMILES string of the molecule is CCn1cnc(Cl)c1CCC(=O)O. The highest BCUT2D eigenvalue weighted by Crippen LogP contribution is 2.15. The summed E-state index contributed by atoms with van der Waals surface area (Å²) in [5, 5.41) is 8.90. The third-order valence-corrected chi connectivity index (χ3v) is 2.13. The van der Waals surface area contributed by atoms with Gasteiger partial charge < -0.3 is 9.67 Å². The van der Waals surface area contributed by atoms with Crippen molar-refractivity contribution in [3.8, 4) is 0 Å². The predicted octanol–water partition coefficient (Wildman–Crippen LogP) is 1.57. The molecule has 1 rings (SSSR count). The number of aliphatic carboxylic acids is 1. The van der Waals surface area contributed by atoms with Gasteiger partial charge in [-0.3, -0.25) is 4.79 Å². The maximum atomic E-state index is 10.3. The van der Waals surface area contributed by atoms with Gasteiger partial charge in [0, 0.05) is 13.0 Å². The monoisotopic (exact) mass is 202 g/mol. The highest BCUT2D eigenvalue weighted by Gasteiger charge is 2.09. The highest BCUT2D eigenvalue weighted by molar-refractivity contribution is 6.30. The Morgan fingerprint density at radius 2 is 2.46 bits per heavy atom. The van der Waals surface area contributed by atoms with Crippen LogP contribution in [-0.4, -0.2) is 20.6 Å². The summed E-state index contributed by atoms with van der Waals surface area (Å²) in [5.41, 5.74) is 0.798. The lowest BCUT2D eigenvalue weighted by Crippen LogP contribution is -2.03. The van der Waals surface area contributed by atoms with Gasteiger partial charge in [0.1, 0.15) is 5.15 Å². The molecule has 0 aliphatic carbocycles. The van der Waals surface area contributed by atoms with Crippen molar-refractivity contribution < 1.29 is 9.90 Å². The van der Waals surface area contributed by atoms with Crippen LogP contribution in [0.5, 0.6) is 0 Å². The Labute approximate surface area is 81.2 Å². The summed E-state index contributed by atoms with van der Waals surface area (Å²) < 4.78 is 1.85. The quantitative estimate of drug-likeness (QED) is 0.807. The zero-order valence-electron chi connectivity index (χ0n) is 7.33. The summed E-state index contributed by atoms with van der Waals surface area (Å²) in [4.78, 5) is 14.2. The number of carboxylic acid groups (broad SMARTS) is 1. The summed E-state index contributed by atoms with van der Waals surface area (Å²) in [6.45, 7) is 2.72. The summed E-state index contributed by atoms with van der Waals surface area (Å²) in [6.07, 6.45) is 2.15. The van der Waals surface area contributed by atoms with Gasteiger partial charge in [-0.05, 0) is 6.92 Å². The molecule has 0 aliphatic rings. The topological polar surface area (TPSA) is 55.1 Å². The van der Waals surface area contributed by atoms with Crippen LogP contribution in [0.25, 0.3) is 0 Å². The van der Waals surface area contributed by atoms with E-state index in [-0.39, 0.29) is 6.42 Å². The second-order valence-corrected chi connectivity index (χ2v) is 3.02. The Balaban J connectivity index is 2.73. The molecule has 5 heteroatoms. The zero-order valence-corrected chi connectivity index (χ0v) is 8.08. The van der Waals surface area contributed by atoms with Crippen LogP contribution < -0.4 is 0 Å². The minimum atomic E-state index is -0.820. The third kappa shape index (κ3) is 2.45. The van der Waals surface area contributed by atoms with Crippen LogP contribution in [0, 0.1) is 0 Å². The summed E-state index contributed by atoms with van der Waals surface area (Å²) in [7, 11) is 0. The van der Waals surface area contributed by atoms with E-state index >= 15 is 0 Å². The first-order valence-electron chi connectivity index (χ1n) is 4.06. The Morgan fingerprint density at radius 3 is 3.00 bits per heavy atom. The van der Waals surface area contributed by atoms with Crippen LogP contribution >= 0.6 is 11.6 Å². The second kappa shape index (κ2) is 4.28. The molecule has 1 aromatic heterocycles. The van der Waals surface area contributed by atoms with E-state index < -0.39 is 5.97 Å². The molecule has 0 unspecified atom stereocenters. The molecular weight excluding hydrogens is 192 g/mol. The van der Waals surface area contributed by atoms with Crippen molar-refractivity contribution in [1.29, 1.82) is 0 Å². The number of nitrogens with zero attached hydrogens (tertiary/aromatic N) is 2. The van der Waals surface area contributed by atoms with Crippen molar-refractivity contribution in [1.82, 2.24) is 9.55 Å². The van der Waals surface area contributed by atoms with Gasteiger partial charge in [-0.2, -0.15) is 0 Å². The van der Waals surface area contributed by atoms with Crippen LogP contribution in [0.4, 0.5) is 0 Å². The fourth-order valence-electron chi connectivity index (χ4n) is 1.13. The lowest BCUT2D eigenvalue weighted by molar-refractivity contribution is -0.136. The number of hydrogen-bond acceptors (Lipinski definition) is 2.